The molecule has 8 heteroatoms. The highest BCUT2D eigenvalue weighted by molar-refractivity contribution is 8.04. The predicted octanol–water partition coefficient (Wildman–Crippen LogP) is -0.790. The van der Waals surface area contributed by atoms with E-state index >= 15 is 0 Å². The average molecular weight is 263 g/mol. The Bertz CT molecular complexity index is 472. The van der Waals surface area contributed by atoms with Crippen LogP contribution in [0.25, 0.3) is 0 Å². The highest BCUT2D eigenvalue weighted by atomic mass is 32.2. The summed E-state index contributed by atoms with van der Waals surface area (Å²) in [6.45, 7) is 1.50. The third-order valence-corrected chi connectivity index (χ3v) is 2.60. The molecule has 96 valence electrons. The van der Waals surface area contributed by atoms with E-state index in [4.69, 9.17) is 0 Å². The Morgan fingerprint density at radius 1 is 1.35 bits per heavy atom. The Labute approximate surface area is 99.9 Å². The van der Waals surface area contributed by atoms with E-state index in [9.17, 15) is 18.0 Å². The van der Waals surface area contributed by atoms with Gasteiger partial charge in [0, 0.05) is 13.5 Å². The second kappa shape index (κ2) is 6.24. The van der Waals surface area contributed by atoms with Gasteiger partial charge in [-0.2, -0.15) is 8.42 Å². The van der Waals surface area contributed by atoms with Gasteiger partial charge in [-0.1, -0.05) is 6.92 Å². The number of nitrogens with zero attached hydrogens (tertiary/aromatic N) is 2. The maximum atomic E-state index is 11.5. The molecule has 0 fully saturated rings. The number of hydrogen-bond acceptors (Lipinski definition) is 6. The van der Waals surface area contributed by atoms with Crippen molar-refractivity contribution in [2.45, 2.75) is 13.3 Å². The van der Waals surface area contributed by atoms with Crippen LogP contribution in [0.15, 0.2) is 4.99 Å². The minimum absolute atomic E-state index is 0.00860. The molecule has 0 unspecified atom stereocenters. The van der Waals surface area contributed by atoms with Crippen LogP contribution in [0.2, 0.25) is 0 Å². The lowest BCUT2D eigenvalue weighted by atomic mass is 10.2. The Morgan fingerprint density at radius 3 is 2.24 bits per heavy atom. The number of ketones is 1. The Kier molecular flexibility index (Phi) is 5.66. The van der Waals surface area contributed by atoms with Gasteiger partial charge in [-0.25, -0.2) is 4.58 Å². The molecule has 0 heterocycles. The molecular weight excluding hydrogens is 248 g/mol. The van der Waals surface area contributed by atoms with Crippen LogP contribution < -0.4 is 0 Å². The minimum Gasteiger partial charge on any atom is -0.323 e. The molecule has 0 aromatic rings. The summed E-state index contributed by atoms with van der Waals surface area (Å²) in [5, 5.41) is -1.43. The number of carbonyl (C=O) groups excluding carboxylic acids is 2. The zero-order chi connectivity index (χ0) is 13.6. The van der Waals surface area contributed by atoms with E-state index in [0.29, 0.717) is 0 Å². The predicted molar refractivity (Wildman–Crippen MR) is 61.8 cm³/mol. The number of aliphatic imine (C=N–C) groups is 1. The van der Waals surface area contributed by atoms with Crippen molar-refractivity contribution in [1.82, 2.24) is 0 Å². The standard InChI is InChI=1S/C9H15N2O5S/c1-5-7(12)8(10-2)9(13)17(14,15)16-6-11(3)4/h6H,5H2,1-4H3/q+1/b10-8-. The highest BCUT2D eigenvalue weighted by Crippen LogP contribution is 1.99. The molecule has 0 aromatic carbocycles. The van der Waals surface area contributed by atoms with Crippen molar-refractivity contribution < 1.29 is 26.8 Å². The van der Waals surface area contributed by atoms with Crippen LogP contribution in [0.4, 0.5) is 0 Å². The molecule has 0 aliphatic rings. The van der Waals surface area contributed by atoms with Gasteiger partial charge in [-0.3, -0.25) is 14.6 Å². The van der Waals surface area contributed by atoms with Gasteiger partial charge in [-0.05, 0) is 0 Å². The van der Waals surface area contributed by atoms with E-state index in [2.05, 4.69) is 9.18 Å². The van der Waals surface area contributed by atoms with Crippen molar-refractivity contribution in [3.8, 4) is 0 Å². The Hall–Kier alpha value is -1.57. The van der Waals surface area contributed by atoms with Crippen molar-refractivity contribution in [1.29, 1.82) is 0 Å². The molecule has 0 bridgehead atoms. The first-order valence-corrected chi connectivity index (χ1v) is 6.14. The van der Waals surface area contributed by atoms with E-state index in [0.717, 1.165) is 6.40 Å². The van der Waals surface area contributed by atoms with Crippen LogP contribution in [0, 0.1) is 0 Å². The molecule has 0 amide bonds. The van der Waals surface area contributed by atoms with E-state index in [-0.39, 0.29) is 6.42 Å². The van der Waals surface area contributed by atoms with Gasteiger partial charge in [0.1, 0.15) is 14.1 Å². The van der Waals surface area contributed by atoms with Crippen LogP contribution in [0.1, 0.15) is 13.3 Å². The molecule has 0 rings (SSSR count). The van der Waals surface area contributed by atoms with Gasteiger partial charge in [-0.15, -0.1) is 0 Å². The molecule has 0 atom stereocenters. The lowest BCUT2D eigenvalue weighted by molar-refractivity contribution is -0.466. The van der Waals surface area contributed by atoms with Crippen LogP contribution in [0.5, 0.6) is 0 Å². The molecule has 0 spiro atoms. The van der Waals surface area contributed by atoms with Crippen molar-refractivity contribution in [3.05, 3.63) is 0 Å². The zero-order valence-electron chi connectivity index (χ0n) is 10.1. The molecule has 0 saturated heterocycles. The molecule has 7 nitrogen and oxygen atoms in total. The lowest BCUT2D eigenvalue weighted by Gasteiger charge is -2.01. The number of rotatable bonds is 5. The lowest BCUT2D eigenvalue weighted by Crippen LogP contribution is -2.32. The fourth-order valence-electron chi connectivity index (χ4n) is 0.802. The first-order valence-electron chi connectivity index (χ1n) is 4.73. The number of carbonyl (C=O) groups is 2. The van der Waals surface area contributed by atoms with Gasteiger partial charge in [0.05, 0.1) is 0 Å². The molecule has 0 N–H and O–H groups in total. The molecule has 0 aromatic heterocycles. The maximum absolute atomic E-state index is 11.5. The summed E-state index contributed by atoms with van der Waals surface area (Å²) in [5.74, 6) is -0.644. The summed E-state index contributed by atoms with van der Waals surface area (Å²) in [6.07, 6.45) is 0.836. The summed E-state index contributed by atoms with van der Waals surface area (Å²) in [5.41, 5.74) is -0.625. The van der Waals surface area contributed by atoms with E-state index in [1.165, 1.54) is 32.6 Å². The van der Waals surface area contributed by atoms with Crippen LogP contribution in [0.3, 0.4) is 0 Å². The van der Waals surface area contributed by atoms with Gasteiger partial charge < -0.3 is 4.18 Å². The molecule has 0 radical (unpaired) electrons. The van der Waals surface area contributed by atoms with Crippen molar-refractivity contribution in [2.24, 2.45) is 4.99 Å². The maximum Gasteiger partial charge on any atom is 0.384 e. The fraction of sp³-hybridized carbons (Fsp3) is 0.556. The third-order valence-electron chi connectivity index (χ3n) is 1.61. The first kappa shape index (κ1) is 15.4. The molecule has 17 heavy (non-hydrogen) atoms. The zero-order valence-corrected chi connectivity index (χ0v) is 10.9. The largest absolute Gasteiger partial charge is 0.384 e. The molecular formula is C9H15N2O5S+. The van der Waals surface area contributed by atoms with Crippen LogP contribution in [-0.4, -0.2) is 57.1 Å². The van der Waals surface area contributed by atoms with E-state index in [1.807, 2.05) is 0 Å². The smallest absolute Gasteiger partial charge is 0.323 e. The van der Waals surface area contributed by atoms with Crippen molar-refractivity contribution in [2.75, 3.05) is 21.1 Å². The van der Waals surface area contributed by atoms with Crippen LogP contribution >= 0.6 is 0 Å². The normalized spacial score (nSPS) is 11.9. The SMILES string of the molecule is CCC(=O)/C(=N/C)C(=O)S(=O)(=O)OC=[N+](C)C. The second-order valence-corrected chi connectivity index (χ2v) is 4.73. The Morgan fingerprint density at radius 2 is 1.88 bits per heavy atom. The molecule has 0 aliphatic carbocycles. The average Bonchev–Trinajstić information content (AvgIpc) is 2.27. The minimum atomic E-state index is -4.51. The van der Waals surface area contributed by atoms with Gasteiger partial charge in [0.2, 0.25) is 0 Å². The monoisotopic (exact) mass is 263 g/mol. The third kappa shape index (κ3) is 4.43. The first-order chi connectivity index (χ1) is 7.76. The summed E-state index contributed by atoms with van der Waals surface area (Å²) < 4.78 is 28.4. The van der Waals surface area contributed by atoms with E-state index < -0.39 is 26.7 Å². The summed E-state index contributed by atoms with van der Waals surface area (Å²) in [4.78, 5) is 26.2. The van der Waals surface area contributed by atoms with Crippen molar-refractivity contribution >= 4 is 33.1 Å². The van der Waals surface area contributed by atoms with Gasteiger partial charge in [0.15, 0.2) is 11.5 Å². The second-order valence-electron chi connectivity index (χ2n) is 3.26. The van der Waals surface area contributed by atoms with Crippen LogP contribution in [-0.2, 0) is 23.9 Å². The van der Waals surface area contributed by atoms with Gasteiger partial charge in [0.25, 0.3) is 0 Å². The molecule has 0 aliphatic heterocycles. The highest BCUT2D eigenvalue weighted by Gasteiger charge is 2.32. The van der Waals surface area contributed by atoms with E-state index in [1.54, 1.807) is 0 Å². The Balaban J connectivity index is 5.17. The quantitative estimate of drug-likeness (QED) is 0.213. The van der Waals surface area contributed by atoms with Crippen molar-refractivity contribution in [3.63, 3.8) is 0 Å². The summed E-state index contributed by atoms with van der Waals surface area (Å²) in [7, 11) is -0.297. The number of hydrogen-bond donors (Lipinski definition) is 0. The number of Topliss-reactive ketones (excluding diaryl/α,β-unsaturated/α-hetero) is 1. The topological polar surface area (TPSA) is 92.9 Å². The summed E-state index contributed by atoms with van der Waals surface area (Å²) in [6, 6.07) is 0. The summed E-state index contributed by atoms with van der Waals surface area (Å²) >= 11 is 0. The van der Waals surface area contributed by atoms with Gasteiger partial charge >= 0.3 is 21.6 Å². The fourth-order valence-corrected chi connectivity index (χ4v) is 1.62. The molecule has 0 saturated carbocycles.